The van der Waals surface area contributed by atoms with Crippen molar-refractivity contribution in [2.24, 2.45) is 5.92 Å². The summed E-state index contributed by atoms with van der Waals surface area (Å²) >= 11 is 0. The molecule has 0 amide bonds. The maximum absolute atomic E-state index is 13.7. The van der Waals surface area contributed by atoms with Gasteiger partial charge < -0.3 is 5.11 Å². The van der Waals surface area contributed by atoms with Crippen LogP contribution in [0.4, 0.5) is 4.39 Å². The van der Waals surface area contributed by atoms with Crippen molar-refractivity contribution in [1.29, 1.82) is 0 Å². The summed E-state index contributed by atoms with van der Waals surface area (Å²) in [6, 6.07) is 10.5. The highest BCUT2D eigenvalue weighted by atomic mass is 19.1. The van der Waals surface area contributed by atoms with Gasteiger partial charge in [-0.2, -0.15) is 0 Å². The monoisotopic (exact) mass is 260 g/mol. The van der Waals surface area contributed by atoms with Gasteiger partial charge in [0.1, 0.15) is 5.82 Å². The van der Waals surface area contributed by atoms with Crippen LogP contribution in [-0.2, 0) is 0 Å². The number of benzene rings is 2. The van der Waals surface area contributed by atoms with Gasteiger partial charge in [0, 0.05) is 5.39 Å². The summed E-state index contributed by atoms with van der Waals surface area (Å²) < 4.78 is 13.7. The lowest BCUT2D eigenvalue weighted by Gasteiger charge is -2.19. The fourth-order valence-electron chi connectivity index (χ4n) is 2.64. The van der Waals surface area contributed by atoms with Crippen molar-refractivity contribution < 1.29 is 9.50 Å². The van der Waals surface area contributed by atoms with E-state index in [1.54, 1.807) is 12.1 Å². The lowest BCUT2D eigenvalue weighted by Crippen LogP contribution is -2.06. The van der Waals surface area contributed by atoms with Crippen molar-refractivity contribution >= 4 is 10.8 Å². The normalized spacial score (nSPS) is 13.1. The van der Waals surface area contributed by atoms with Crippen molar-refractivity contribution in [3.05, 3.63) is 47.8 Å². The second-order valence-electron chi connectivity index (χ2n) is 5.12. The van der Waals surface area contributed by atoms with E-state index < -0.39 is 6.10 Å². The molecule has 0 radical (unpaired) electrons. The number of rotatable bonds is 5. The number of hydrogen-bond acceptors (Lipinski definition) is 1. The first kappa shape index (κ1) is 14.0. The van der Waals surface area contributed by atoms with E-state index in [4.69, 9.17) is 0 Å². The van der Waals surface area contributed by atoms with Gasteiger partial charge in [0.15, 0.2) is 0 Å². The highest BCUT2D eigenvalue weighted by Crippen LogP contribution is 2.31. The average molecular weight is 260 g/mol. The minimum absolute atomic E-state index is 0.228. The Balaban J connectivity index is 2.37. The van der Waals surface area contributed by atoms with Gasteiger partial charge in [-0.05, 0) is 29.4 Å². The Bertz CT molecular complexity index is 546. The van der Waals surface area contributed by atoms with Crippen LogP contribution in [0.2, 0.25) is 0 Å². The van der Waals surface area contributed by atoms with E-state index in [-0.39, 0.29) is 5.82 Å². The van der Waals surface area contributed by atoms with Crippen molar-refractivity contribution in [2.75, 3.05) is 0 Å². The largest absolute Gasteiger partial charge is 0.388 e. The van der Waals surface area contributed by atoms with Crippen LogP contribution in [0.5, 0.6) is 0 Å². The lowest BCUT2D eigenvalue weighted by atomic mass is 9.90. The first-order valence-electron chi connectivity index (χ1n) is 7.02. The van der Waals surface area contributed by atoms with Crippen LogP contribution in [0.1, 0.15) is 44.8 Å². The van der Waals surface area contributed by atoms with Gasteiger partial charge in [0.2, 0.25) is 0 Å². The summed E-state index contributed by atoms with van der Waals surface area (Å²) in [6.07, 6.45) is 2.34. The fourth-order valence-corrected chi connectivity index (χ4v) is 2.64. The molecule has 1 N–H and O–H groups in total. The van der Waals surface area contributed by atoms with Crippen molar-refractivity contribution in [3.8, 4) is 0 Å². The fraction of sp³-hybridized carbons (Fsp3) is 0.412. The van der Waals surface area contributed by atoms with E-state index in [2.05, 4.69) is 13.8 Å². The number of halogens is 1. The summed E-state index contributed by atoms with van der Waals surface area (Å²) in [5, 5.41) is 11.8. The molecule has 0 aliphatic heterocycles. The second-order valence-corrected chi connectivity index (χ2v) is 5.12. The van der Waals surface area contributed by atoms with Gasteiger partial charge in [-0.25, -0.2) is 4.39 Å². The third-order valence-electron chi connectivity index (χ3n) is 3.97. The molecular formula is C17H21FO. The SMILES string of the molecule is CCC(CC)CC(O)c1ccc(F)c2ccccc12. The molecular weight excluding hydrogens is 239 g/mol. The molecule has 2 heteroatoms. The molecule has 0 fully saturated rings. The van der Waals surface area contributed by atoms with Crippen LogP contribution >= 0.6 is 0 Å². The number of hydrogen-bond donors (Lipinski definition) is 1. The van der Waals surface area contributed by atoms with Crippen LogP contribution in [0, 0.1) is 11.7 Å². The minimum Gasteiger partial charge on any atom is -0.388 e. The van der Waals surface area contributed by atoms with Gasteiger partial charge in [0.25, 0.3) is 0 Å². The molecule has 0 bridgehead atoms. The van der Waals surface area contributed by atoms with E-state index >= 15 is 0 Å². The molecule has 0 aliphatic rings. The summed E-state index contributed by atoms with van der Waals surface area (Å²) in [7, 11) is 0. The third kappa shape index (κ3) is 2.95. The van der Waals surface area contributed by atoms with E-state index in [1.807, 2.05) is 18.2 Å². The van der Waals surface area contributed by atoms with E-state index in [1.165, 1.54) is 6.07 Å². The first-order valence-corrected chi connectivity index (χ1v) is 7.02. The minimum atomic E-state index is -0.518. The molecule has 19 heavy (non-hydrogen) atoms. The molecule has 0 aromatic heterocycles. The maximum atomic E-state index is 13.7. The molecule has 0 aliphatic carbocycles. The predicted molar refractivity (Wildman–Crippen MR) is 77.6 cm³/mol. The van der Waals surface area contributed by atoms with E-state index in [0.717, 1.165) is 30.2 Å². The standard InChI is InChI=1S/C17H21FO/c1-3-12(4-2)11-17(19)15-9-10-16(18)14-8-6-5-7-13(14)15/h5-10,12,17,19H,3-4,11H2,1-2H3. The van der Waals surface area contributed by atoms with E-state index in [0.29, 0.717) is 11.3 Å². The van der Waals surface area contributed by atoms with Crippen molar-refractivity contribution in [1.82, 2.24) is 0 Å². The van der Waals surface area contributed by atoms with Crippen LogP contribution in [-0.4, -0.2) is 5.11 Å². The molecule has 1 nitrogen and oxygen atoms in total. The zero-order chi connectivity index (χ0) is 13.8. The molecule has 0 spiro atoms. The van der Waals surface area contributed by atoms with Gasteiger partial charge >= 0.3 is 0 Å². The van der Waals surface area contributed by atoms with Crippen LogP contribution in [0.3, 0.4) is 0 Å². The van der Waals surface area contributed by atoms with Crippen LogP contribution in [0.15, 0.2) is 36.4 Å². The maximum Gasteiger partial charge on any atom is 0.131 e. The quantitative estimate of drug-likeness (QED) is 0.815. The molecule has 1 atom stereocenters. The molecule has 2 aromatic rings. The highest BCUT2D eigenvalue weighted by Gasteiger charge is 2.16. The number of aliphatic hydroxyl groups excluding tert-OH is 1. The molecule has 0 saturated carbocycles. The molecule has 102 valence electrons. The van der Waals surface area contributed by atoms with Gasteiger partial charge in [-0.15, -0.1) is 0 Å². The third-order valence-corrected chi connectivity index (χ3v) is 3.97. The Morgan fingerprint density at radius 3 is 2.26 bits per heavy atom. The summed E-state index contributed by atoms with van der Waals surface area (Å²) in [6.45, 7) is 4.29. The van der Waals surface area contributed by atoms with Gasteiger partial charge in [0.05, 0.1) is 6.10 Å². The van der Waals surface area contributed by atoms with E-state index in [9.17, 15) is 9.50 Å². The predicted octanol–water partition coefficient (Wildman–Crippen LogP) is 4.84. The van der Waals surface area contributed by atoms with Gasteiger partial charge in [-0.1, -0.05) is 57.0 Å². The Morgan fingerprint density at radius 1 is 1.00 bits per heavy atom. The highest BCUT2D eigenvalue weighted by molar-refractivity contribution is 5.86. The number of fused-ring (bicyclic) bond motifs is 1. The van der Waals surface area contributed by atoms with Crippen molar-refractivity contribution in [3.63, 3.8) is 0 Å². The Kier molecular flexibility index (Phi) is 4.54. The average Bonchev–Trinajstić information content (AvgIpc) is 2.45. The van der Waals surface area contributed by atoms with Gasteiger partial charge in [-0.3, -0.25) is 0 Å². The second kappa shape index (κ2) is 6.16. The molecule has 2 aromatic carbocycles. The topological polar surface area (TPSA) is 20.2 Å². The molecule has 1 unspecified atom stereocenters. The first-order chi connectivity index (χ1) is 9.17. The summed E-state index contributed by atoms with van der Waals surface area (Å²) in [5.41, 5.74) is 0.837. The van der Waals surface area contributed by atoms with Crippen LogP contribution < -0.4 is 0 Å². The zero-order valence-electron chi connectivity index (χ0n) is 11.6. The van der Waals surface area contributed by atoms with Crippen molar-refractivity contribution in [2.45, 2.75) is 39.2 Å². The van der Waals surface area contributed by atoms with Crippen LogP contribution in [0.25, 0.3) is 10.8 Å². The summed E-state index contributed by atoms with van der Waals surface area (Å²) in [4.78, 5) is 0. The summed E-state index contributed by atoms with van der Waals surface area (Å²) in [5.74, 6) is 0.285. The Morgan fingerprint density at radius 2 is 1.63 bits per heavy atom. The molecule has 2 rings (SSSR count). The lowest BCUT2D eigenvalue weighted by molar-refractivity contribution is 0.142. The molecule has 0 saturated heterocycles. The zero-order valence-corrected chi connectivity index (χ0v) is 11.6. The molecule has 0 heterocycles. The number of aliphatic hydroxyl groups is 1. The smallest absolute Gasteiger partial charge is 0.131 e. The Labute approximate surface area is 114 Å². The Hall–Kier alpha value is -1.41.